The molecule has 0 aliphatic heterocycles. The molecule has 0 atom stereocenters. The standard InChI is InChI=1S/C14H14FNO3.C13H12FNO3/c1-3-9-7-12(18-2)13(8-10(9)15)19-11-5-4-6-16-14(11)17;1-2-8-6-10(16)12(7-9(8)14)18-11-4-3-5-15-13(11)17/h4-8H,3H2,1-2H3,(H,16,17);3-7,16H,2H2,1H3,(H,15,17). The van der Waals surface area contributed by atoms with Crippen molar-refractivity contribution in [1.29, 1.82) is 0 Å². The topological polar surface area (TPSA) is 114 Å². The predicted molar refractivity (Wildman–Crippen MR) is 134 cm³/mol. The van der Waals surface area contributed by atoms with Gasteiger partial charge in [-0.2, -0.15) is 0 Å². The molecule has 8 nitrogen and oxygen atoms in total. The molecule has 4 aromatic rings. The molecule has 194 valence electrons. The predicted octanol–water partition coefficient (Wildman–Crippen LogP) is 5.45. The van der Waals surface area contributed by atoms with E-state index >= 15 is 0 Å². The fraction of sp³-hybridized carbons (Fsp3) is 0.185. The first kappa shape index (κ1) is 27.0. The van der Waals surface area contributed by atoms with Gasteiger partial charge in [-0.05, 0) is 60.4 Å². The lowest BCUT2D eigenvalue weighted by atomic mass is 10.1. The average molecular weight is 513 g/mol. The minimum absolute atomic E-state index is 0.00329. The van der Waals surface area contributed by atoms with Crippen LogP contribution in [0.4, 0.5) is 8.78 Å². The Kier molecular flexibility index (Phi) is 9.04. The number of benzene rings is 2. The maximum absolute atomic E-state index is 13.7. The maximum Gasteiger partial charge on any atom is 0.290 e. The lowest BCUT2D eigenvalue weighted by Gasteiger charge is -2.11. The number of aromatic nitrogens is 2. The van der Waals surface area contributed by atoms with Gasteiger partial charge in [0.2, 0.25) is 0 Å². The number of hydrogen-bond donors (Lipinski definition) is 3. The summed E-state index contributed by atoms with van der Waals surface area (Å²) in [6.07, 6.45) is 3.96. The van der Waals surface area contributed by atoms with Crippen molar-refractivity contribution in [2.75, 3.05) is 7.11 Å². The van der Waals surface area contributed by atoms with Gasteiger partial charge in [-0.15, -0.1) is 0 Å². The van der Waals surface area contributed by atoms with Crippen molar-refractivity contribution in [2.45, 2.75) is 26.7 Å². The van der Waals surface area contributed by atoms with E-state index in [0.717, 1.165) is 6.07 Å². The Morgan fingerprint density at radius 3 is 1.70 bits per heavy atom. The van der Waals surface area contributed by atoms with Gasteiger partial charge < -0.3 is 29.3 Å². The van der Waals surface area contributed by atoms with Gasteiger partial charge in [0.05, 0.1) is 7.11 Å². The quantitative estimate of drug-likeness (QED) is 0.303. The molecule has 0 aliphatic rings. The summed E-state index contributed by atoms with van der Waals surface area (Å²) in [6.45, 7) is 3.63. The summed E-state index contributed by atoms with van der Waals surface area (Å²) in [7, 11) is 1.47. The Labute approximate surface area is 211 Å². The molecular formula is C27H26F2N2O6. The summed E-state index contributed by atoms with van der Waals surface area (Å²) < 4.78 is 43.0. The molecule has 2 aromatic heterocycles. The maximum atomic E-state index is 13.7. The average Bonchev–Trinajstić information content (AvgIpc) is 2.89. The van der Waals surface area contributed by atoms with E-state index in [4.69, 9.17) is 14.2 Å². The Balaban J connectivity index is 0.000000206. The van der Waals surface area contributed by atoms with E-state index in [1.54, 1.807) is 25.1 Å². The monoisotopic (exact) mass is 512 g/mol. The van der Waals surface area contributed by atoms with Gasteiger partial charge in [-0.3, -0.25) is 9.59 Å². The molecule has 0 aliphatic carbocycles. The van der Waals surface area contributed by atoms with Crippen LogP contribution in [0.5, 0.6) is 34.5 Å². The minimum atomic E-state index is -0.474. The number of pyridine rings is 2. The highest BCUT2D eigenvalue weighted by Crippen LogP contribution is 2.33. The van der Waals surface area contributed by atoms with Crippen molar-refractivity contribution in [2.24, 2.45) is 0 Å². The second-order valence-corrected chi connectivity index (χ2v) is 7.64. The van der Waals surface area contributed by atoms with Gasteiger partial charge in [0, 0.05) is 24.5 Å². The van der Waals surface area contributed by atoms with Crippen molar-refractivity contribution in [1.82, 2.24) is 9.97 Å². The van der Waals surface area contributed by atoms with Crippen LogP contribution < -0.4 is 25.3 Å². The van der Waals surface area contributed by atoms with Crippen molar-refractivity contribution < 1.29 is 28.1 Å². The fourth-order valence-electron chi connectivity index (χ4n) is 3.24. The molecule has 0 amide bonds. The second kappa shape index (κ2) is 12.4. The Hall–Kier alpha value is -4.60. The zero-order valence-corrected chi connectivity index (χ0v) is 20.4. The number of hydrogen-bond acceptors (Lipinski definition) is 6. The number of H-pyrrole nitrogens is 2. The fourth-order valence-corrected chi connectivity index (χ4v) is 3.24. The minimum Gasteiger partial charge on any atom is -0.504 e. The van der Waals surface area contributed by atoms with E-state index in [-0.39, 0.29) is 40.1 Å². The summed E-state index contributed by atoms with van der Waals surface area (Å²) >= 11 is 0. The van der Waals surface area contributed by atoms with E-state index in [1.807, 2.05) is 6.92 Å². The van der Waals surface area contributed by atoms with Crippen LogP contribution in [0, 0.1) is 11.6 Å². The number of nitrogens with one attached hydrogen (secondary N) is 2. The van der Waals surface area contributed by atoms with E-state index in [1.165, 1.54) is 43.8 Å². The summed E-state index contributed by atoms with van der Waals surface area (Å²) in [6, 6.07) is 11.3. The van der Waals surface area contributed by atoms with Crippen molar-refractivity contribution in [3.63, 3.8) is 0 Å². The number of aromatic hydroxyl groups is 1. The molecule has 0 saturated carbocycles. The molecular weight excluding hydrogens is 486 g/mol. The van der Waals surface area contributed by atoms with Gasteiger partial charge in [0.1, 0.15) is 11.6 Å². The van der Waals surface area contributed by atoms with Gasteiger partial charge in [0.25, 0.3) is 11.1 Å². The Bertz CT molecular complexity index is 1480. The number of methoxy groups -OCH3 is 1. The van der Waals surface area contributed by atoms with Gasteiger partial charge in [-0.1, -0.05) is 13.8 Å². The number of halogens is 2. The highest BCUT2D eigenvalue weighted by molar-refractivity contribution is 5.46. The third-order valence-electron chi connectivity index (χ3n) is 5.23. The van der Waals surface area contributed by atoms with Crippen molar-refractivity contribution >= 4 is 0 Å². The van der Waals surface area contributed by atoms with E-state index in [0.29, 0.717) is 29.7 Å². The zero-order valence-electron chi connectivity index (χ0n) is 20.4. The highest BCUT2D eigenvalue weighted by Gasteiger charge is 2.13. The van der Waals surface area contributed by atoms with Crippen LogP contribution in [-0.2, 0) is 12.8 Å². The first-order valence-electron chi connectivity index (χ1n) is 11.4. The van der Waals surface area contributed by atoms with Gasteiger partial charge in [0.15, 0.2) is 34.5 Å². The van der Waals surface area contributed by atoms with E-state index in [9.17, 15) is 23.5 Å². The molecule has 2 heterocycles. The molecule has 3 N–H and O–H groups in total. The number of aromatic amines is 2. The first-order chi connectivity index (χ1) is 17.8. The SMILES string of the molecule is CCc1cc(O)c(Oc2ccc[nH]c2=O)cc1F.CCc1cc(OC)c(Oc2ccc[nH]c2=O)cc1F. The molecule has 0 fully saturated rings. The smallest absolute Gasteiger partial charge is 0.290 e. The molecule has 0 bridgehead atoms. The zero-order chi connectivity index (χ0) is 26.9. The van der Waals surface area contributed by atoms with Crippen LogP contribution in [0.2, 0.25) is 0 Å². The van der Waals surface area contributed by atoms with Crippen LogP contribution in [0.3, 0.4) is 0 Å². The summed E-state index contributed by atoms with van der Waals surface area (Å²) in [5.41, 5.74) is 0.0920. The van der Waals surface area contributed by atoms with Gasteiger partial charge in [-0.25, -0.2) is 8.78 Å². The second-order valence-electron chi connectivity index (χ2n) is 7.64. The number of rotatable bonds is 7. The third kappa shape index (κ3) is 6.75. The number of phenols is 1. The largest absolute Gasteiger partial charge is 0.504 e. The molecule has 4 rings (SSSR count). The highest BCUT2D eigenvalue weighted by atomic mass is 19.1. The lowest BCUT2D eigenvalue weighted by molar-refractivity contribution is 0.374. The molecule has 37 heavy (non-hydrogen) atoms. The normalized spacial score (nSPS) is 10.3. The summed E-state index contributed by atoms with van der Waals surface area (Å²) in [5.74, 6) is -0.488. The number of phenolic OH excluding ortho intramolecular Hbond substituents is 1. The summed E-state index contributed by atoms with van der Waals surface area (Å²) in [4.78, 5) is 27.8. The third-order valence-corrected chi connectivity index (χ3v) is 5.23. The molecule has 0 unspecified atom stereocenters. The first-order valence-corrected chi connectivity index (χ1v) is 11.4. The number of ether oxygens (including phenoxy) is 3. The number of aryl methyl sites for hydroxylation is 2. The van der Waals surface area contributed by atoms with Crippen LogP contribution in [0.25, 0.3) is 0 Å². The van der Waals surface area contributed by atoms with Gasteiger partial charge >= 0.3 is 0 Å². The Morgan fingerprint density at radius 2 is 1.22 bits per heavy atom. The summed E-state index contributed by atoms with van der Waals surface area (Å²) in [5, 5.41) is 9.70. The molecule has 0 saturated heterocycles. The molecule has 10 heteroatoms. The molecule has 0 spiro atoms. The van der Waals surface area contributed by atoms with Crippen molar-refractivity contribution in [3.8, 4) is 34.5 Å². The molecule has 0 radical (unpaired) electrons. The van der Waals surface area contributed by atoms with Crippen LogP contribution in [0.1, 0.15) is 25.0 Å². The van der Waals surface area contributed by atoms with E-state index in [2.05, 4.69) is 9.97 Å². The van der Waals surface area contributed by atoms with Crippen LogP contribution in [-0.4, -0.2) is 22.2 Å². The van der Waals surface area contributed by atoms with Crippen LogP contribution >= 0.6 is 0 Å². The molecule has 2 aromatic carbocycles. The van der Waals surface area contributed by atoms with Crippen LogP contribution in [0.15, 0.2) is 70.5 Å². The lowest BCUT2D eigenvalue weighted by Crippen LogP contribution is -2.07. The van der Waals surface area contributed by atoms with E-state index < -0.39 is 11.4 Å². The Morgan fingerprint density at radius 1 is 0.730 bits per heavy atom. The van der Waals surface area contributed by atoms with Crippen molar-refractivity contribution in [3.05, 3.63) is 104 Å².